The van der Waals surface area contributed by atoms with Crippen molar-refractivity contribution in [2.45, 2.75) is 26.3 Å². The Kier molecular flexibility index (Phi) is 5.87. The lowest BCUT2D eigenvalue weighted by molar-refractivity contribution is -0.146. The van der Waals surface area contributed by atoms with Gasteiger partial charge in [-0.2, -0.15) is 0 Å². The van der Waals surface area contributed by atoms with Crippen molar-refractivity contribution in [3.63, 3.8) is 0 Å². The lowest BCUT2D eigenvalue weighted by Gasteiger charge is -2.13. The summed E-state index contributed by atoms with van der Waals surface area (Å²) in [6.45, 7) is 3.05. The summed E-state index contributed by atoms with van der Waals surface area (Å²) >= 11 is 0. The van der Waals surface area contributed by atoms with Crippen LogP contribution in [0, 0.1) is 5.92 Å². The number of carboxylic acids is 1. The minimum absolute atomic E-state index is 0.414. The summed E-state index contributed by atoms with van der Waals surface area (Å²) in [6.07, 6.45) is -0.414. The predicted molar refractivity (Wildman–Crippen MR) is 58.1 cm³/mol. The van der Waals surface area contributed by atoms with Crippen LogP contribution in [0.1, 0.15) is 20.3 Å². The molecule has 0 aromatic carbocycles. The number of rotatable bonds is 6. The normalized spacial score (nSPS) is 11.8. The molecule has 0 aliphatic heterocycles. The second-order valence-electron chi connectivity index (χ2n) is 3.76. The number of carbonyl (C=O) groups is 4. The summed E-state index contributed by atoms with van der Waals surface area (Å²) in [5, 5.41) is 13.0. The van der Waals surface area contributed by atoms with Crippen molar-refractivity contribution in [3.8, 4) is 0 Å². The molecule has 0 heterocycles. The van der Waals surface area contributed by atoms with E-state index in [0.29, 0.717) is 0 Å². The van der Waals surface area contributed by atoms with Crippen molar-refractivity contribution in [2.75, 3.05) is 7.05 Å². The Morgan fingerprint density at radius 2 is 1.71 bits per heavy atom. The van der Waals surface area contributed by atoms with Crippen molar-refractivity contribution >= 4 is 23.6 Å². The molecule has 0 radical (unpaired) electrons. The molecule has 0 aromatic heterocycles. The average Bonchev–Trinajstić information content (AvgIpc) is 2.26. The van der Waals surface area contributed by atoms with Crippen molar-refractivity contribution < 1.29 is 24.3 Å². The van der Waals surface area contributed by atoms with Gasteiger partial charge in [0.1, 0.15) is 6.04 Å². The molecule has 17 heavy (non-hydrogen) atoms. The third kappa shape index (κ3) is 5.10. The number of nitrogens with one attached hydrogen (secondary N) is 2. The second-order valence-corrected chi connectivity index (χ2v) is 3.76. The first kappa shape index (κ1) is 15.1. The highest BCUT2D eigenvalue weighted by Crippen LogP contribution is 1.97. The van der Waals surface area contributed by atoms with Gasteiger partial charge in [0.05, 0.1) is 6.42 Å². The minimum Gasteiger partial charge on any atom is -0.480 e. The van der Waals surface area contributed by atoms with E-state index in [-0.39, 0.29) is 0 Å². The molecule has 7 heteroatoms. The lowest BCUT2D eigenvalue weighted by Crippen LogP contribution is -2.47. The van der Waals surface area contributed by atoms with Crippen LogP contribution in [-0.4, -0.2) is 41.8 Å². The van der Waals surface area contributed by atoms with Crippen LogP contribution in [-0.2, 0) is 19.2 Å². The van der Waals surface area contributed by atoms with E-state index < -0.39 is 41.9 Å². The molecule has 0 fully saturated rings. The zero-order valence-electron chi connectivity index (χ0n) is 9.94. The van der Waals surface area contributed by atoms with Crippen LogP contribution in [0.15, 0.2) is 0 Å². The number of aliphatic carboxylic acids is 1. The lowest BCUT2D eigenvalue weighted by atomic mass is 10.1. The van der Waals surface area contributed by atoms with Gasteiger partial charge in [-0.05, 0) is 0 Å². The summed E-state index contributed by atoms with van der Waals surface area (Å²) in [6, 6.07) is -1.40. The van der Waals surface area contributed by atoms with Gasteiger partial charge >= 0.3 is 5.97 Å². The Bertz CT molecular complexity index is 338. The predicted octanol–water partition coefficient (Wildman–Crippen LogP) is -1.08. The van der Waals surface area contributed by atoms with Crippen molar-refractivity contribution in [2.24, 2.45) is 5.92 Å². The van der Waals surface area contributed by atoms with Gasteiger partial charge in [0.25, 0.3) is 5.91 Å². The Hall–Kier alpha value is -1.92. The molecular weight excluding hydrogens is 228 g/mol. The molecule has 0 saturated heterocycles. The Labute approximate surface area is 98.6 Å². The number of hydrogen-bond acceptors (Lipinski definition) is 4. The Morgan fingerprint density at radius 3 is 2.06 bits per heavy atom. The van der Waals surface area contributed by atoms with Crippen LogP contribution in [0.5, 0.6) is 0 Å². The van der Waals surface area contributed by atoms with E-state index in [1.807, 2.05) is 5.32 Å². The third-order valence-electron chi connectivity index (χ3n) is 2.02. The third-order valence-corrected chi connectivity index (χ3v) is 2.02. The summed E-state index contributed by atoms with van der Waals surface area (Å²) < 4.78 is 0. The molecule has 3 N–H and O–H groups in total. The highest BCUT2D eigenvalue weighted by molar-refractivity contribution is 6.37. The van der Waals surface area contributed by atoms with E-state index in [1.54, 1.807) is 0 Å². The number of amides is 2. The summed E-state index contributed by atoms with van der Waals surface area (Å²) in [7, 11) is 1.35. The van der Waals surface area contributed by atoms with Gasteiger partial charge in [0.2, 0.25) is 11.7 Å². The van der Waals surface area contributed by atoms with Crippen LogP contribution in [0.25, 0.3) is 0 Å². The van der Waals surface area contributed by atoms with Gasteiger partial charge in [-0.1, -0.05) is 13.8 Å². The van der Waals surface area contributed by atoms with Gasteiger partial charge in [0, 0.05) is 13.0 Å². The van der Waals surface area contributed by atoms with Crippen molar-refractivity contribution in [3.05, 3.63) is 0 Å². The van der Waals surface area contributed by atoms with E-state index in [2.05, 4.69) is 5.32 Å². The molecule has 96 valence electrons. The van der Waals surface area contributed by atoms with Crippen LogP contribution in [0.2, 0.25) is 0 Å². The molecule has 2 amide bonds. The van der Waals surface area contributed by atoms with Gasteiger partial charge in [-0.25, -0.2) is 4.79 Å². The maximum atomic E-state index is 11.3. The fraction of sp³-hybridized carbons (Fsp3) is 0.600. The molecular formula is C10H16N2O5. The van der Waals surface area contributed by atoms with Crippen LogP contribution in [0.3, 0.4) is 0 Å². The molecule has 1 unspecified atom stereocenters. The SMILES string of the molecule is CNC(=O)CC(NC(=O)C(=O)C(C)C)C(=O)O. The second kappa shape index (κ2) is 6.62. The summed E-state index contributed by atoms with van der Waals surface area (Å²) in [4.78, 5) is 44.3. The van der Waals surface area contributed by atoms with Crippen molar-refractivity contribution in [1.29, 1.82) is 0 Å². The number of ketones is 1. The standard InChI is InChI=1S/C10H16N2O5/c1-5(2)8(14)9(15)12-6(10(16)17)4-7(13)11-3/h5-6H,4H2,1-3H3,(H,11,13)(H,12,15)(H,16,17). The van der Waals surface area contributed by atoms with Gasteiger partial charge in [-0.15, -0.1) is 0 Å². The van der Waals surface area contributed by atoms with Crippen LogP contribution in [0.4, 0.5) is 0 Å². The first-order valence-electron chi connectivity index (χ1n) is 5.07. The smallest absolute Gasteiger partial charge is 0.326 e. The maximum Gasteiger partial charge on any atom is 0.326 e. The molecule has 7 nitrogen and oxygen atoms in total. The topological polar surface area (TPSA) is 113 Å². The zero-order chi connectivity index (χ0) is 13.6. The van der Waals surface area contributed by atoms with Crippen LogP contribution < -0.4 is 10.6 Å². The average molecular weight is 244 g/mol. The van der Waals surface area contributed by atoms with Crippen molar-refractivity contribution in [1.82, 2.24) is 10.6 Å². The fourth-order valence-electron chi connectivity index (χ4n) is 0.979. The van der Waals surface area contributed by atoms with Gasteiger partial charge in [-0.3, -0.25) is 14.4 Å². The number of Topliss-reactive ketones (excluding diaryl/α,β-unsaturated/α-hetero) is 1. The summed E-state index contributed by atoms with van der Waals surface area (Å²) in [5.41, 5.74) is 0. The van der Waals surface area contributed by atoms with Crippen LogP contribution >= 0.6 is 0 Å². The highest BCUT2D eigenvalue weighted by Gasteiger charge is 2.26. The molecule has 0 aliphatic rings. The number of carboxylic acid groups (broad SMARTS) is 1. The molecule has 1 atom stereocenters. The Balaban J connectivity index is 4.56. The number of hydrogen-bond donors (Lipinski definition) is 3. The Morgan fingerprint density at radius 1 is 1.18 bits per heavy atom. The van der Waals surface area contributed by atoms with E-state index in [4.69, 9.17) is 5.11 Å². The van der Waals surface area contributed by atoms with Gasteiger partial charge in [0.15, 0.2) is 0 Å². The van der Waals surface area contributed by atoms with E-state index in [1.165, 1.54) is 20.9 Å². The molecule has 0 aliphatic carbocycles. The maximum absolute atomic E-state index is 11.3. The minimum atomic E-state index is -1.40. The largest absolute Gasteiger partial charge is 0.480 e. The van der Waals surface area contributed by atoms with Gasteiger partial charge < -0.3 is 15.7 Å². The monoisotopic (exact) mass is 244 g/mol. The first-order valence-corrected chi connectivity index (χ1v) is 5.07. The van der Waals surface area contributed by atoms with E-state index >= 15 is 0 Å². The van der Waals surface area contributed by atoms with E-state index in [0.717, 1.165) is 0 Å². The molecule has 0 bridgehead atoms. The fourth-order valence-corrected chi connectivity index (χ4v) is 0.979. The zero-order valence-corrected chi connectivity index (χ0v) is 9.94. The quantitative estimate of drug-likeness (QED) is 0.514. The highest BCUT2D eigenvalue weighted by atomic mass is 16.4. The molecule has 0 aromatic rings. The molecule has 0 spiro atoms. The van der Waals surface area contributed by atoms with E-state index in [9.17, 15) is 19.2 Å². The first-order chi connectivity index (χ1) is 7.79. The molecule has 0 rings (SSSR count). The number of carbonyl (C=O) groups excluding carboxylic acids is 3. The summed E-state index contributed by atoms with van der Waals surface area (Å²) in [5.74, 6) is -4.12. The molecule has 0 saturated carbocycles.